The van der Waals surface area contributed by atoms with Gasteiger partial charge in [-0.25, -0.2) is 4.79 Å². The number of esters is 1. The van der Waals surface area contributed by atoms with Gasteiger partial charge < -0.3 is 9.47 Å². The summed E-state index contributed by atoms with van der Waals surface area (Å²) in [6.07, 6.45) is -1.82. The van der Waals surface area contributed by atoms with Crippen LogP contribution < -0.4 is 4.74 Å². The number of hydrogen-bond donors (Lipinski definition) is 0. The number of carbonyl (C=O) groups is 1. The Morgan fingerprint density at radius 1 is 1.20 bits per heavy atom. The third-order valence-electron chi connectivity index (χ3n) is 3.50. The molecule has 0 spiro atoms. The van der Waals surface area contributed by atoms with Crippen LogP contribution in [0.4, 0.5) is 13.2 Å². The molecule has 110 valence electrons. The average molecular weight is 288 g/mol. The van der Waals surface area contributed by atoms with E-state index in [1.807, 2.05) is 0 Å². The highest BCUT2D eigenvalue weighted by Crippen LogP contribution is 2.42. The summed E-state index contributed by atoms with van der Waals surface area (Å²) in [7, 11) is 2.28. The first-order valence-corrected chi connectivity index (χ1v) is 6.28. The van der Waals surface area contributed by atoms with E-state index >= 15 is 0 Å². The molecule has 0 heterocycles. The van der Waals surface area contributed by atoms with Crippen LogP contribution in [-0.4, -0.2) is 20.2 Å². The lowest BCUT2D eigenvalue weighted by Crippen LogP contribution is -2.18. The lowest BCUT2D eigenvalue weighted by molar-refractivity contribution is -0.138. The predicted octanol–water partition coefficient (Wildman–Crippen LogP) is 3.38. The predicted molar refractivity (Wildman–Crippen MR) is 66.0 cm³/mol. The minimum Gasteiger partial charge on any atom is -0.495 e. The van der Waals surface area contributed by atoms with Gasteiger partial charge in [-0.2, -0.15) is 13.2 Å². The molecule has 0 bridgehead atoms. The SMILES string of the molecule is COC(=O)c1c2c(cc(C(F)(F)F)c1OC)CCCC2. The van der Waals surface area contributed by atoms with Crippen LogP contribution in [0.15, 0.2) is 6.07 Å². The van der Waals surface area contributed by atoms with E-state index < -0.39 is 23.5 Å². The van der Waals surface area contributed by atoms with E-state index in [-0.39, 0.29) is 5.56 Å². The fourth-order valence-corrected chi connectivity index (χ4v) is 2.63. The summed E-state index contributed by atoms with van der Waals surface area (Å²) < 4.78 is 48.9. The second-order valence-electron chi connectivity index (χ2n) is 4.67. The van der Waals surface area contributed by atoms with E-state index in [0.717, 1.165) is 33.1 Å². The first kappa shape index (κ1) is 14.7. The van der Waals surface area contributed by atoms with E-state index in [1.54, 1.807) is 0 Å². The molecule has 0 aromatic heterocycles. The van der Waals surface area contributed by atoms with Gasteiger partial charge in [-0.05, 0) is 42.9 Å². The standard InChI is InChI=1S/C14H15F3O3/c1-19-12-10(14(15,16)17)7-8-5-3-4-6-9(8)11(12)13(18)20-2/h7H,3-6H2,1-2H3. The fraction of sp³-hybridized carbons (Fsp3) is 0.500. The summed E-state index contributed by atoms with van der Waals surface area (Å²) in [5.74, 6) is -1.23. The van der Waals surface area contributed by atoms with Gasteiger partial charge in [0, 0.05) is 0 Å². The number of aryl methyl sites for hydroxylation is 1. The summed E-state index contributed by atoms with van der Waals surface area (Å²) in [6.45, 7) is 0. The molecule has 1 aliphatic carbocycles. The molecule has 0 N–H and O–H groups in total. The Hall–Kier alpha value is -1.72. The van der Waals surface area contributed by atoms with Crippen molar-refractivity contribution in [2.24, 2.45) is 0 Å². The van der Waals surface area contributed by atoms with Gasteiger partial charge in [0.25, 0.3) is 0 Å². The first-order chi connectivity index (χ1) is 9.40. The summed E-state index contributed by atoms with van der Waals surface area (Å²) in [5, 5.41) is 0. The minimum absolute atomic E-state index is 0.0838. The van der Waals surface area contributed by atoms with Crippen LogP contribution >= 0.6 is 0 Å². The van der Waals surface area contributed by atoms with Gasteiger partial charge >= 0.3 is 12.1 Å². The lowest BCUT2D eigenvalue weighted by atomic mass is 9.85. The molecular weight excluding hydrogens is 273 g/mol. The Bertz CT molecular complexity index is 535. The molecular formula is C14H15F3O3. The second-order valence-corrected chi connectivity index (χ2v) is 4.67. The van der Waals surface area contributed by atoms with Crippen LogP contribution in [0.1, 0.15) is 39.9 Å². The largest absolute Gasteiger partial charge is 0.495 e. The van der Waals surface area contributed by atoms with Crippen LogP contribution in [0.2, 0.25) is 0 Å². The number of rotatable bonds is 2. The summed E-state index contributed by atoms with van der Waals surface area (Å²) in [4.78, 5) is 11.9. The summed E-state index contributed by atoms with van der Waals surface area (Å²) in [5.41, 5.74) is 0.179. The van der Waals surface area contributed by atoms with Gasteiger partial charge in [-0.15, -0.1) is 0 Å². The molecule has 0 radical (unpaired) electrons. The maximum atomic E-state index is 13.1. The highest BCUT2D eigenvalue weighted by atomic mass is 19.4. The highest BCUT2D eigenvalue weighted by molar-refractivity contribution is 5.95. The van der Waals surface area contributed by atoms with Crippen molar-refractivity contribution in [3.63, 3.8) is 0 Å². The van der Waals surface area contributed by atoms with Crippen molar-refractivity contribution in [2.45, 2.75) is 31.9 Å². The Morgan fingerprint density at radius 2 is 1.85 bits per heavy atom. The van der Waals surface area contributed by atoms with Crippen LogP contribution in [0.3, 0.4) is 0 Å². The molecule has 0 aliphatic heterocycles. The Labute approximate surface area is 114 Å². The van der Waals surface area contributed by atoms with Gasteiger partial charge in [0.2, 0.25) is 0 Å². The molecule has 0 saturated heterocycles. The molecule has 2 rings (SSSR count). The molecule has 0 saturated carbocycles. The number of hydrogen-bond acceptors (Lipinski definition) is 3. The van der Waals surface area contributed by atoms with Crippen molar-refractivity contribution < 1.29 is 27.4 Å². The molecule has 0 atom stereocenters. The molecule has 1 aromatic rings. The lowest BCUT2D eigenvalue weighted by Gasteiger charge is -2.23. The van der Waals surface area contributed by atoms with Crippen molar-refractivity contribution in [1.29, 1.82) is 0 Å². The number of methoxy groups -OCH3 is 2. The van der Waals surface area contributed by atoms with Gasteiger partial charge in [-0.1, -0.05) is 0 Å². The summed E-state index contributed by atoms with van der Waals surface area (Å²) in [6, 6.07) is 1.10. The molecule has 0 unspecified atom stereocenters. The van der Waals surface area contributed by atoms with E-state index in [4.69, 9.17) is 4.74 Å². The number of fused-ring (bicyclic) bond motifs is 1. The topological polar surface area (TPSA) is 35.5 Å². The normalized spacial score (nSPS) is 14.7. The Morgan fingerprint density at radius 3 is 2.40 bits per heavy atom. The van der Waals surface area contributed by atoms with Crippen molar-refractivity contribution in [3.8, 4) is 5.75 Å². The number of carbonyl (C=O) groups excluding carboxylic acids is 1. The van der Waals surface area contributed by atoms with Crippen LogP contribution in [-0.2, 0) is 23.8 Å². The van der Waals surface area contributed by atoms with Crippen LogP contribution in [0.5, 0.6) is 5.75 Å². The van der Waals surface area contributed by atoms with Gasteiger partial charge in [0.15, 0.2) is 0 Å². The maximum absolute atomic E-state index is 13.1. The number of alkyl halides is 3. The average Bonchev–Trinajstić information content (AvgIpc) is 2.43. The number of benzene rings is 1. The zero-order chi connectivity index (χ0) is 14.9. The minimum atomic E-state index is -4.57. The van der Waals surface area contributed by atoms with Gasteiger partial charge in [-0.3, -0.25) is 0 Å². The van der Waals surface area contributed by atoms with E-state index in [0.29, 0.717) is 24.0 Å². The first-order valence-electron chi connectivity index (χ1n) is 6.28. The monoisotopic (exact) mass is 288 g/mol. The third kappa shape index (κ3) is 2.46. The quantitative estimate of drug-likeness (QED) is 0.783. The Kier molecular flexibility index (Phi) is 3.92. The van der Waals surface area contributed by atoms with E-state index in [1.165, 1.54) is 0 Å². The second kappa shape index (κ2) is 5.34. The van der Waals surface area contributed by atoms with Crippen molar-refractivity contribution >= 4 is 5.97 Å². The fourth-order valence-electron chi connectivity index (χ4n) is 2.63. The summed E-state index contributed by atoms with van der Waals surface area (Å²) >= 11 is 0. The highest BCUT2D eigenvalue weighted by Gasteiger charge is 2.39. The van der Waals surface area contributed by atoms with Crippen molar-refractivity contribution in [1.82, 2.24) is 0 Å². The molecule has 0 amide bonds. The molecule has 20 heavy (non-hydrogen) atoms. The molecule has 6 heteroatoms. The zero-order valence-corrected chi connectivity index (χ0v) is 11.3. The van der Waals surface area contributed by atoms with Crippen LogP contribution in [0, 0.1) is 0 Å². The van der Waals surface area contributed by atoms with Gasteiger partial charge in [0.1, 0.15) is 11.3 Å². The van der Waals surface area contributed by atoms with Crippen molar-refractivity contribution in [3.05, 3.63) is 28.3 Å². The number of halogens is 3. The van der Waals surface area contributed by atoms with E-state index in [2.05, 4.69) is 4.74 Å². The van der Waals surface area contributed by atoms with Crippen molar-refractivity contribution in [2.75, 3.05) is 14.2 Å². The van der Waals surface area contributed by atoms with Crippen LogP contribution in [0.25, 0.3) is 0 Å². The smallest absolute Gasteiger partial charge is 0.419 e. The number of ether oxygens (including phenoxy) is 2. The molecule has 3 nitrogen and oxygen atoms in total. The third-order valence-corrected chi connectivity index (χ3v) is 3.50. The van der Waals surface area contributed by atoms with Gasteiger partial charge in [0.05, 0.1) is 19.8 Å². The van der Waals surface area contributed by atoms with E-state index in [9.17, 15) is 18.0 Å². The molecule has 1 aromatic carbocycles. The maximum Gasteiger partial charge on any atom is 0.419 e. The molecule has 0 fully saturated rings. The Balaban J connectivity index is 2.76. The zero-order valence-electron chi connectivity index (χ0n) is 11.3. The molecule has 1 aliphatic rings.